The smallest absolute Gasteiger partial charge is 0.255 e. The van der Waals surface area contributed by atoms with Crippen molar-refractivity contribution in [2.45, 2.75) is 25.8 Å². The number of rotatable bonds is 3. The highest BCUT2D eigenvalue weighted by atomic mass is 32.1. The molecule has 2 amide bonds. The molecule has 1 heterocycles. The normalized spacial score (nSPS) is 21.9. The summed E-state index contributed by atoms with van der Waals surface area (Å²) in [6.45, 7) is 1.77. The maximum absolute atomic E-state index is 12.1. The van der Waals surface area contributed by atoms with Crippen LogP contribution < -0.4 is 15.5 Å². The molecule has 2 N–H and O–H groups in total. The highest BCUT2D eigenvalue weighted by Crippen LogP contribution is 2.31. The standard InChI is InChI=1S/C14H15N3O2S/c1-8-13(19)17(14(20)15-8)11-4-2-3-10(7-11)16-12(18)9-5-6-9/h2-4,7-9H,5-6H2,1H3,(H,15,20)(H,16,18)/t8-/m0/s1. The number of nitrogens with one attached hydrogen (secondary N) is 2. The molecule has 6 heteroatoms. The summed E-state index contributed by atoms with van der Waals surface area (Å²) in [4.78, 5) is 25.3. The van der Waals surface area contributed by atoms with E-state index in [4.69, 9.17) is 12.2 Å². The third-order valence-corrected chi connectivity index (χ3v) is 3.75. The summed E-state index contributed by atoms with van der Waals surface area (Å²) in [6.07, 6.45) is 1.92. The Morgan fingerprint density at radius 2 is 2.20 bits per heavy atom. The zero-order valence-electron chi connectivity index (χ0n) is 11.1. The maximum atomic E-state index is 12.1. The van der Waals surface area contributed by atoms with E-state index in [0.29, 0.717) is 16.5 Å². The van der Waals surface area contributed by atoms with Gasteiger partial charge in [-0.15, -0.1) is 0 Å². The monoisotopic (exact) mass is 289 g/mol. The summed E-state index contributed by atoms with van der Waals surface area (Å²) in [5.74, 6) is 0.111. The zero-order chi connectivity index (χ0) is 14.3. The van der Waals surface area contributed by atoms with Gasteiger partial charge in [-0.3, -0.25) is 14.5 Å². The molecule has 0 bridgehead atoms. The first-order valence-electron chi connectivity index (χ1n) is 6.61. The molecule has 1 aliphatic heterocycles. The summed E-state index contributed by atoms with van der Waals surface area (Å²) in [5.41, 5.74) is 1.36. The van der Waals surface area contributed by atoms with Crippen LogP contribution in [-0.4, -0.2) is 23.0 Å². The summed E-state index contributed by atoms with van der Waals surface area (Å²) in [5, 5.41) is 6.19. The molecule has 0 unspecified atom stereocenters. The number of thiocarbonyl (C=S) groups is 1. The number of carbonyl (C=O) groups is 2. The van der Waals surface area contributed by atoms with Crippen molar-refractivity contribution in [3.05, 3.63) is 24.3 Å². The van der Waals surface area contributed by atoms with Gasteiger partial charge >= 0.3 is 0 Å². The highest BCUT2D eigenvalue weighted by Gasteiger charge is 2.33. The van der Waals surface area contributed by atoms with Gasteiger partial charge in [0, 0.05) is 11.6 Å². The Morgan fingerprint density at radius 1 is 1.45 bits per heavy atom. The Labute approximate surface area is 122 Å². The number of amides is 2. The Bertz CT molecular complexity index is 598. The van der Waals surface area contributed by atoms with Crippen LogP contribution in [0.15, 0.2) is 24.3 Å². The second-order valence-electron chi connectivity index (χ2n) is 5.16. The van der Waals surface area contributed by atoms with Crippen LogP contribution in [0.1, 0.15) is 19.8 Å². The summed E-state index contributed by atoms with van der Waals surface area (Å²) >= 11 is 5.17. The quantitative estimate of drug-likeness (QED) is 0.831. The first-order valence-corrected chi connectivity index (χ1v) is 7.02. The number of nitrogens with zero attached hydrogens (tertiary/aromatic N) is 1. The molecule has 1 saturated carbocycles. The molecule has 0 aromatic heterocycles. The molecule has 5 nitrogen and oxygen atoms in total. The highest BCUT2D eigenvalue weighted by molar-refractivity contribution is 7.80. The predicted molar refractivity (Wildman–Crippen MR) is 80.5 cm³/mol. The van der Waals surface area contributed by atoms with E-state index >= 15 is 0 Å². The van der Waals surface area contributed by atoms with E-state index in [1.807, 2.05) is 6.07 Å². The number of anilines is 2. The van der Waals surface area contributed by atoms with E-state index in [1.165, 1.54) is 4.90 Å². The Morgan fingerprint density at radius 3 is 2.80 bits per heavy atom. The SMILES string of the molecule is C[C@@H]1NC(=S)N(c2cccc(NC(=O)C3CC3)c2)C1=O. The summed E-state index contributed by atoms with van der Waals surface area (Å²) < 4.78 is 0. The minimum atomic E-state index is -0.313. The molecule has 2 aliphatic rings. The minimum Gasteiger partial charge on any atom is -0.350 e. The minimum absolute atomic E-state index is 0.0453. The van der Waals surface area contributed by atoms with Gasteiger partial charge in [0.05, 0.1) is 5.69 Å². The van der Waals surface area contributed by atoms with Crippen molar-refractivity contribution in [3.8, 4) is 0 Å². The first kappa shape index (κ1) is 13.1. The van der Waals surface area contributed by atoms with Gasteiger partial charge in [-0.05, 0) is 50.2 Å². The Balaban J connectivity index is 1.82. The average molecular weight is 289 g/mol. The van der Waals surface area contributed by atoms with Gasteiger partial charge in [-0.25, -0.2) is 0 Å². The Hall–Kier alpha value is -1.95. The molecular weight excluding hydrogens is 274 g/mol. The number of hydrogen-bond acceptors (Lipinski definition) is 3. The van der Waals surface area contributed by atoms with Crippen LogP contribution in [0.25, 0.3) is 0 Å². The predicted octanol–water partition coefficient (Wildman–Crippen LogP) is 1.64. The van der Waals surface area contributed by atoms with E-state index < -0.39 is 0 Å². The van der Waals surface area contributed by atoms with Gasteiger partial charge in [0.15, 0.2) is 5.11 Å². The molecule has 3 rings (SSSR count). The van der Waals surface area contributed by atoms with Crippen molar-refractivity contribution in [1.82, 2.24) is 5.32 Å². The summed E-state index contributed by atoms with van der Waals surface area (Å²) in [7, 11) is 0. The fraction of sp³-hybridized carbons (Fsp3) is 0.357. The Kier molecular flexibility index (Phi) is 3.17. The first-order chi connectivity index (χ1) is 9.56. The van der Waals surface area contributed by atoms with Crippen molar-refractivity contribution in [1.29, 1.82) is 0 Å². The van der Waals surface area contributed by atoms with Crippen LogP contribution >= 0.6 is 12.2 Å². The number of carbonyl (C=O) groups excluding carboxylic acids is 2. The van der Waals surface area contributed by atoms with Gasteiger partial charge < -0.3 is 10.6 Å². The van der Waals surface area contributed by atoms with E-state index in [2.05, 4.69) is 10.6 Å². The van der Waals surface area contributed by atoms with E-state index in [9.17, 15) is 9.59 Å². The van der Waals surface area contributed by atoms with Crippen LogP contribution in [0.4, 0.5) is 11.4 Å². The fourth-order valence-electron chi connectivity index (χ4n) is 2.16. The molecule has 1 aromatic carbocycles. The van der Waals surface area contributed by atoms with Gasteiger partial charge in [0.25, 0.3) is 5.91 Å². The average Bonchev–Trinajstić information content (AvgIpc) is 3.19. The lowest BCUT2D eigenvalue weighted by molar-refractivity contribution is -0.118. The van der Waals surface area contributed by atoms with Gasteiger partial charge in [0.1, 0.15) is 6.04 Å². The fourth-order valence-corrected chi connectivity index (χ4v) is 2.53. The molecule has 1 atom stereocenters. The third-order valence-electron chi connectivity index (χ3n) is 3.45. The van der Waals surface area contributed by atoms with Crippen LogP contribution in [-0.2, 0) is 9.59 Å². The van der Waals surface area contributed by atoms with Crippen molar-refractivity contribution >= 4 is 40.5 Å². The van der Waals surface area contributed by atoms with Crippen molar-refractivity contribution in [3.63, 3.8) is 0 Å². The van der Waals surface area contributed by atoms with Crippen LogP contribution in [0.3, 0.4) is 0 Å². The molecule has 0 radical (unpaired) electrons. The van der Waals surface area contributed by atoms with E-state index in [-0.39, 0.29) is 23.8 Å². The molecule has 2 fully saturated rings. The van der Waals surface area contributed by atoms with Crippen molar-refractivity contribution in [2.24, 2.45) is 5.92 Å². The van der Waals surface area contributed by atoms with Gasteiger partial charge in [-0.2, -0.15) is 0 Å². The van der Waals surface area contributed by atoms with Crippen molar-refractivity contribution < 1.29 is 9.59 Å². The summed E-state index contributed by atoms with van der Waals surface area (Å²) in [6, 6.07) is 6.87. The number of benzene rings is 1. The molecule has 1 aliphatic carbocycles. The lowest BCUT2D eigenvalue weighted by Gasteiger charge is -2.16. The number of hydrogen-bond donors (Lipinski definition) is 2. The molecule has 1 aromatic rings. The molecule has 104 valence electrons. The van der Waals surface area contributed by atoms with Crippen molar-refractivity contribution in [2.75, 3.05) is 10.2 Å². The molecular formula is C14H15N3O2S. The molecule has 0 spiro atoms. The molecule has 20 heavy (non-hydrogen) atoms. The largest absolute Gasteiger partial charge is 0.350 e. The van der Waals surface area contributed by atoms with Crippen LogP contribution in [0.5, 0.6) is 0 Å². The van der Waals surface area contributed by atoms with Crippen LogP contribution in [0, 0.1) is 5.92 Å². The third kappa shape index (κ3) is 2.38. The van der Waals surface area contributed by atoms with E-state index in [0.717, 1.165) is 12.8 Å². The topological polar surface area (TPSA) is 61.4 Å². The van der Waals surface area contributed by atoms with E-state index in [1.54, 1.807) is 25.1 Å². The second kappa shape index (κ2) is 4.86. The lowest BCUT2D eigenvalue weighted by Crippen LogP contribution is -2.30. The van der Waals surface area contributed by atoms with Gasteiger partial charge in [0.2, 0.25) is 5.91 Å². The maximum Gasteiger partial charge on any atom is 0.255 e. The zero-order valence-corrected chi connectivity index (χ0v) is 11.9. The lowest BCUT2D eigenvalue weighted by atomic mass is 10.2. The van der Waals surface area contributed by atoms with Crippen LogP contribution in [0.2, 0.25) is 0 Å². The second-order valence-corrected chi connectivity index (χ2v) is 5.55. The molecule has 1 saturated heterocycles. The van der Waals surface area contributed by atoms with Gasteiger partial charge in [-0.1, -0.05) is 6.07 Å².